The molecular weight excluding hydrogens is 190 g/mol. The Morgan fingerprint density at radius 3 is 2.80 bits per heavy atom. The van der Waals surface area contributed by atoms with Crippen LogP contribution in [0, 0.1) is 5.41 Å². The predicted molar refractivity (Wildman–Crippen MR) is 62.1 cm³/mol. The first-order valence-electron chi connectivity index (χ1n) is 6.09. The molecule has 1 rings (SSSR count). The van der Waals surface area contributed by atoms with E-state index in [1.54, 1.807) is 0 Å². The van der Waals surface area contributed by atoms with E-state index in [1.165, 1.54) is 0 Å². The summed E-state index contributed by atoms with van der Waals surface area (Å²) in [5.41, 5.74) is 0.294. The molecule has 3 heteroatoms. The molecule has 0 aromatic heterocycles. The van der Waals surface area contributed by atoms with E-state index in [4.69, 9.17) is 9.47 Å². The van der Waals surface area contributed by atoms with Gasteiger partial charge < -0.3 is 14.8 Å². The third-order valence-electron chi connectivity index (χ3n) is 3.45. The van der Waals surface area contributed by atoms with Crippen LogP contribution in [0.4, 0.5) is 0 Å². The molecule has 1 N–H and O–H groups in total. The van der Waals surface area contributed by atoms with E-state index >= 15 is 0 Å². The molecule has 0 aromatic carbocycles. The van der Waals surface area contributed by atoms with Gasteiger partial charge >= 0.3 is 0 Å². The van der Waals surface area contributed by atoms with Gasteiger partial charge in [-0.2, -0.15) is 0 Å². The summed E-state index contributed by atoms with van der Waals surface area (Å²) in [6.45, 7) is 8.00. The van der Waals surface area contributed by atoms with E-state index in [9.17, 15) is 0 Å². The lowest BCUT2D eigenvalue weighted by atomic mass is 9.78. The van der Waals surface area contributed by atoms with Crippen molar-refractivity contribution in [2.45, 2.75) is 39.2 Å². The monoisotopic (exact) mass is 215 g/mol. The molecule has 1 saturated heterocycles. The number of hydrogen-bond acceptors (Lipinski definition) is 3. The maximum atomic E-state index is 5.68. The fourth-order valence-corrected chi connectivity index (χ4v) is 2.34. The van der Waals surface area contributed by atoms with Crippen LogP contribution in [0.15, 0.2) is 0 Å². The quantitative estimate of drug-likeness (QED) is 0.657. The third kappa shape index (κ3) is 3.44. The minimum Gasteiger partial charge on any atom is -0.381 e. The van der Waals surface area contributed by atoms with Gasteiger partial charge in [-0.05, 0) is 33.2 Å². The van der Waals surface area contributed by atoms with Crippen LogP contribution in [0.25, 0.3) is 0 Å². The average Bonchev–Trinajstić information content (AvgIpc) is 2.57. The van der Waals surface area contributed by atoms with Gasteiger partial charge in [0.25, 0.3) is 0 Å². The lowest BCUT2D eigenvalue weighted by Gasteiger charge is -2.32. The van der Waals surface area contributed by atoms with Crippen LogP contribution in [0.2, 0.25) is 0 Å². The van der Waals surface area contributed by atoms with Gasteiger partial charge in [0.15, 0.2) is 0 Å². The second kappa shape index (κ2) is 6.46. The van der Waals surface area contributed by atoms with Crippen molar-refractivity contribution in [1.29, 1.82) is 0 Å². The first kappa shape index (κ1) is 12.9. The molecule has 0 aliphatic carbocycles. The molecule has 90 valence electrons. The molecule has 0 radical (unpaired) electrons. The molecule has 0 amide bonds. The van der Waals surface area contributed by atoms with Gasteiger partial charge in [0.05, 0.1) is 6.10 Å². The lowest BCUT2D eigenvalue weighted by molar-refractivity contribution is 0.0340. The summed E-state index contributed by atoms with van der Waals surface area (Å²) in [5.74, 6) is 0. The van der Waals surface area contributed by atoms with Gasteiger partial charge in [0.2, 0.25) is 0 Å². The summed E-state index contributed by atoms with van der Waals surface area (Å²) >= 11 is 0. The highest BCUT2D eigenvalue weighted by Crippen LogP contribution is 2.37. The fourth-order valence-electron chi connectivity index (χ4n) is 2.34. The zero-order valence-electron chi connectivity index (χ0n) is 10.3. The van der Waals surface area contributed by atoms with Crippen molar-refractivity contribution >= 4 is 0 Å². The van der Waals surface area contributed by atoms with Crippen molar-refractivity contribution in [3.8, 4) is 0 Å². The first-order chi connectivity index (χ1) is 7.25. The number of hydrogen-bond donors (Lipinski definition) is 1. The smallest absolute Gasteiger partial charge is 0.0617 e. The second-order valence-electron chi connectivity index (χ2n) is 4.52. The van der Waals surface area contributed by atoms with Crippen LogP contribution < -0.4 is 5.32 Å². The Morgan fingerprint density at radius 2 is 2.27 bits per heavy atom. The molecular formula is C12H25NO2. The average molecular weight is 215 g/mol. The Morgan fingerprint density at radius 1 is 1.47 bits per heavy atom. The molecule has 2 unspecified atom stereocenters. The zero-order chi connectivity index (χ0) is 11.1. The topological polar surface area (TPSA) is 30.5 Å². The van der Waals surface area contributed by atoms with Crippen molar-refractivity contribution in [3.05, 3.63) is 0 Å². The van der Waals surface area contributed by atoms with E-state index < -0.39 is 0 Å². The minimum atomic E-state index is 0.294. The largest absolute Gasteiger partial charge is 0.381 e. The molecule has 1 heterocycles. The third-order valence-corrected chi connectivity index (χ3v) is 3.45. The molecule has 1 aliphatic rings. The Bertz CT molecular complexity index is 175. The van der Waals surface area contributed by atoms with Crippen LogP contribution in [-0.4, -0.2) is 39.5 Å². The summed E-state index contributed by atoms with van der Waals surface area (Å²) in [7, 11) is 2.01. The van der Waals surface area contributed by atoms with Crippen LogP contribution in [0.3, 0.4) is 0 Å². The van der Waals surface area contributed by atoms with E-state index in [1.807, 2.05) is 7.05 Å². The second-order valence-corrected chi connectivity index (χ2v) is 4.52. The number of rotatable bonds is 7. The molecule has 1 aliphatic heterocycles. The van der Waals surface area contributed by atoms with Crippen LogP contribution in [-0.2, 0) is 9.47 Å². The predicted octanol–water partition coefficient (Wildman–Crippen LogP) is 1.82. The Hall–Kier alpha value is -0.120. The van der Waals surface area contributed by atoms with Gasteiger partial charge in [-0.25, -0.2) is 0 Å². The molecule has 0 aromatic rings. The van der Waals surface area contributed by atoms with Gasteiger partial charge in [-0.1, -0.05) is 6.92 Å². The van der Waals surface area contributed by atoms with Crippen LogP contribution in [0.5, 0.6) is 0 Å². The van der Waals surface area contributed by atoms with Crippen molar-refractivity contribution in [3.63, 3.8) is 0 Å². The summed E-state index contributed by atoms with van der Waals surface area (Å²) in [5, 5.41) is 3.29. The standard InChI is InChI=1S/C12H25NO2/c1-4-7-14-8-5-12(10-13-3)6-9-15-11(12)2/h11,13H,4-10H2,1-3H3. The number of ether oxygens (including phenoxy) is 2. The maximum Gasteiger partial charge on any atom is 0.0617 e. The number of nitrogens with one attached hydrogen (secondary N) is 1. The molecule has 2 atom stereocenters. The van der Waals surface area contributed by atoms with Gasteiger partial charge in [0, 0.05) is 31.8 Å². The first-order valence-corrected chi connectivity index (χ1v) is 6.09. The Labute approximate surface area is 93.5 Å². The summed E-state index contributed by atoms with van der Waals surface area (Å²) < 4.78 is 11.3. The van der Waals surface area contributed by atoms with Crippen molar-refractivity contribution in [2.24, 2.45) is 5.41 Å². The molecule has 0 saturated carbocycles. The maximum absolute atomic E-state index is 5.68. The van der Waals surface area contributed by atoms with E-state index in [0.29, 0.717) is 11.5 Å². The summed E-state index contributed by atoms with van der Waals surface area (Å²) in [6.07, 6.45) is 3.72. The highest BCUT2D eigenvalue weighted by molar-refractivity contribution is 4.90. The normalized spacial score (nSPS) is 31.0. The van der Waals surface area contributed by atoms with Gasteiger partial charge in [0.1, 0.15) is 0 Å². The SMILES string of the molecule is CCCOCCC1(CNC)CCOC1C. The van der Waals surface area contributed by atoms with Crippen molar-refractivity contribution in [1.82, 2.24) is 5.32 Å². The molecule has 0 bridgehead atoms. The van der Waals surface area contributed by atoms with Crippen LogP contribution >= 0.6 is 0 Å². The van der Waals surface area contributed by atoms with Crippen LogP contribution in [0.1, 0.15) is 33.1 Å². The fraction of sp³-hybridized carbons (Fsp3) is 1.00. The minimum absolute atomic E-state index is 0.294. The molecule has 15 heavy (non-hydrogen) atoms. The lowest BCUT2D eigenvalue weighted by Crippen LogP contribution is -2.39. The van der Waals surface area contributed by atoms with Crippen molar-refractivity contribution in [2.75, 3.05) is 33.4 Å². The zero-order valence-corrected chi connectivity index (χ0v) is 10.3. The van der Waals surface area contributed by atoms with Gasteiger partial charge in [-0.3, -0.25) is 0 Å². The van der Waals surface area contributed by atoms with Gasteiger partial charge in [-0.15, -0.1) is 0 Å². The van der Waals surface area contributed by atoms with E-state index in [2.05, 4.69) is 19.2 Å². The molecule has 0 spiro atoms. The van der Waals surface area contributed by atoms with E-state index in [0.717, 1.165) is 45.6 Å². The highest BCUT2D eigenvalue weighted by atomic mass is 16.5. The summed E-state index contributed by atoms with van der Waals surface area (Å²) in [6, 6.07) is 0. The molecule has 3 nitrogen and oxygen atoms in total. The summed E-state index contributed by atoms with van der Waals surface area (Å²) in [4.78, 5) is 0. The highest BCUT2D eigenvalue weighted by Gasteiger charge is 2.40. The Balaban J connectivity index is 2.36. The van der Waals surface area contributed by atoms with E-state index in [-0.39, 0.29) is 0 Å². The Kier molecular flexibility index (Phi) is 5.58. The van der Waals surface area contributed by atoms with Crippen molar-refractivity contribution < 1.29 is 9.47 Å². The molecule has 1 fully saturated rings.